The number of hydrogen-bond donors (Lipinski definition) is 2. The summed E-state index contributed by atoms with van der Waals surface area (Å²) in [6, 6.07) is 7.33. The molecule has 1 aliphatic rings. The molecule has 0 saturated carbocycles. The van der Waals surface area contributed by atoms with Gasteiger partial charge in [-0.3, -0.25) is 9.59 Å². The molecule has 3 rings (SSSR count). The van der Waals surface area contributed by atoms with Gasteiger partial charge in [-0.15, -0.1) is 0 Å². The van der Waals surface area contributed by atoms with E-state index in [4.69, 9.17) is 0 Å². The van der Waals surface area contributed by atoms with Gasteiger partial charge in [-0.2, -0.15) is 5.10 Å². The Morgan fingerprint density at radius 2 is 1.93 bits per heavy atom. The Balaban J connectivity index is 1.54. The third-order valence-electron chi connectivity index (χ3n) is 4.74. The first-order chi connectivity index (χ1) is 12.7. The molecule has 1 aliphatic heterocycles. The maximum atomic E-state index is 12.3. The molecule has 2 N–H and O–H groups in total. The van der Waals surface area contributed by atoms with Crippen molar-refractivity contribution in [2.45, 2.75) is 58.5 Å². The molecule has 144 valence electrons. The lowest BCUT2D eigenvalue weighted by molar-refractivity contribution is -0.121. The number of rotatable bonds is 4. The molecule has 1 atom stereocenters. The predicted molar refractivity (Wildman–Crippen MR) is 102 cm³/mol. The first kappa shape index (κ1) is 19.1. The third-order valence-corrected chi connectivity index (χ3v) is 4.74. The van der Waals surface area contributed by atoms with Crippen LogP contribution in [0.5, 0.6) is 0 Å². The number of carbonyl (C=O) groups is 2. The SMILES string of the molecule is Cc1nc2n(n1)CCC[C@H]2NC(=O)CNC(=O)c1ccc(C(C)(C)C)cc1. The second kappa shape index (κ2) is 7.50. The Morgan fingerprint density at radius 3 is 2.59 bits per heavy atom. The molecular weight excluding hydrogens is 342 g/mol. The van der Waals surface area contributed by atoms with E-state index in [9.17, 15) is 9.59 Å². The fraction of sp³-hybridized carbons (Fsp3) is 0.500. The summed E-state index contributed by atoms with van der Waals surface area (Å²) in [5.74, 6) is 1.01. The number of benzene rings is 1. The van der Waals surface area contributed by atoms with Crippen LogP contribution in [0.1, 0.15) is 67.2 Å². The molecule has 0 radical (unpaired) electrons. The van der Waals surface area contributed by atoms with Crippen molar-refractivity contribution in [3.05, 3.63) is 47.0 Å². The van der Waals surface area contributed by atoms with Crippen LogP contribution >= 0.6 is 0 Å². The molecule has 7 heteroatoms. The average molecular weight is 369 g/mol. The van der Waals surface area contributed by atoms with Gasteiger partial charge < -0.3 is 10.6 Å². The number of amides is 2. The van der Waals surface area contributed by atoms with E-state index < -0.39 is 0 Å². The highest BCUT2D eigenvalue weighted by molar-refractivity contribution is 5.96. The number of fused-ring (bicyclic) bond motifs is 1. The second-order valence-corrected chi connectivity index (χ2v) is 8.01. The molecule has 2 amide bonds. The molecule has 1 aromatic heterocycles. The van der Waals surface area contributed by atoms with Gasteiger partial charge in [0.1, 0.15) is 11.6 Å². The third kappa shape index (κ3) is 4.53. The number of aromatic nitrogens is 3. The smallest absolute Gasteiger partial charge is 0.251 e. The van der Waals surface area contributed by atoms with Gasteiger partial charge in [0.05, 0.1) is 12.6 Å². The van der Waals surface area contributed by atoms with Crippen LogP contribution in [0.4, 0.5) is 0 Å². The van der Waals surface area contributed by atoms with Crippen LogP contribution in [0.3, 0.4) is 0 Å². The van der Waals surface area contributed by atoms with E-state index in [1.807, 2.05) is 23.7 Å². The molecule has 7 nitrogen and oxygen atoms in total. The van der Waals surface area contributed by atoms with Gasteiger partial charge in [-0.25, -0.2) is 9.67 Å². The fourth-order valence-electron chi connectivity index (χ4n) is 3.23. The van der Waals surface area contributed by atoms with Crippen molar-refractivity contribution < 1.29 is 9.59 Å². The maximum Gasteiger partial charge on any atom is 0.251 e. The van der Waals surface area contributed by atoms with Crippen molar-refractivity contribution in [3.63, 3.8) is 0 Å². The van der Waals surface area contributed by atoms with Gasteiger partial charge in [0.2, 0.25) is 5.91 Å². The number of carbonyl (C=O) groups excluding carboxylic acids is 2. The summed E-state index contributed by atoms with van der Waals surface area (Å²) in [4.78, 5) is 29.0. The molecular formula is C20H27N5O2. The van der Waals surface area contributed by atoms with Gasteiger partial charge in [0.15, 0.2) is 0 Å². The average Bonchev–Trinajstić information content (AvgIpc) is 3.00. The summed E-state index contributed by atoms with van der Waals surface area (Å²) >= 11 is 0. The zero-order valence-corrected chi connectivity index (χ0v) is 16.4. The molecule has 27 heavy (non-hydrogen) atoms. The van der Waals surface area contributed by atoms with E-state index in [0.29, 0.717) is 11.4 Å². The Morgan fingerprint density at radius 1 is 1.22 bits per heavy atom. The standard InChI is InChI=1S/C20H27N5O2/c1-13-22-18-16(6-5-11-25(18)24-13)23-17(26)12-21-19(27)14-7-9-15(10-8-14)20(2,3)4/h7-10,16H,5-6,11-12H2,1-4H3,(H,21,27)(H,23,26)/t16-/m1/s1. The summed E-state index contributed by atoms with van der Waals surface area (Å²) in [7, 11) is 0. The van der Waals surface area contributed by atoms with E-state index >= 15 is 0 Å². The quantitative estimate of drug-likeness (QED) is 0.865. The van der Waals surface area contributed by atoms with Crippen molar-refractivity contribution in [2.75, 3.05) is 6.54 Å². The number of aryl methyl sites for hydroxylation is 2. The molecule has 2 heterocycles. The normalized spacial score (nSPS) is 16.5. The minimum absolute atomic E-state index is 0.0355. The maximum absolute atomic E-state index is 12.3. The summed E-state index contributed by atoms with van der Waals surface area (Å²) < 4.78 is 1.85. The summed E-state index contributed by atoms with van der Waals surface area (Å²) in [6.45, 7) is 8.97. The highest BCUT2D eigenvalue weighted by atomic mass is 16.2. The van der Waals surface area contributed by atoms with Crippen LogP contribution in [-0.4, -0.2) is 33.1 Å². The van der Waals surface area contributed by atoms with Gasteiger partial charge in [0, 0.05) is 12.1 Å². The van der Waals surface area contributed by atoms with E-state index in [2.05, 4.69) is 41.5 Å². The second-order valence-electron chi connectivity index (χ2n) is 8.01. The van der Waals surface area contributed by atoms with Crippen LogP contribution in [0.15, 0.2) is 24.3 Å². The van der Waals surface area contributed by atoms with Crippen LogP contribution in [-0.2, 0) is 16.8 Å². The number of nitrogens with one attached hydrogen (secondary N) is 2. The number of hydrogen-bond acceptors (Lipinski definition) is 4. The van der Waals surface area contributed by atoms with Crippen LogP contribution in [0.2, 0.25) is 0 Å². The lowest BCUT2D eigenvalue weighted by Gasteiger charge is -2.23. The first-order valence-electron chi connectivity index (χ1n) is 9.33. The first-order valence-corrected chi connectivity index (χ1v) is 9.33. The van der Waals surface area contributed by atoms with Crippen molar-refractivity contribution >= 4 is 11.8 Å². The molecule has 0 unspecified atom stereocenters. The Kier molecular flexibility index (Phi) is 5.30. The van der Waals surface area contributed by atoms with Gasteiger partial charge in [-0.1, -0.05) is 32.9 Å². The van der Waals surface area contributed by atoms with Crippen molar-refractivity contribution in [3.8, 4) is 0 Å². The molecule has 1 aromatic carbocycles. The van der Waals surface area contributed by atoms with Crippen LogP contribution in [0, 0.1) is 6.92 Å². The highest BCUT2D eigenvalue weighted by Crippen LogP contribution is 2.23. The van der Waals surface area contributed by atoms with Crippen molar-refractivity contribution in [1.29, 1.82) is 0 Å². The molecule has 0 saturated heterocycles. The lowest BCUT2D eigenvalue weighted by atomic mass is 9.87. The van der Waals surface area contributed by atoms with Gasteiger partial charge in [-0.05, 0) is 42.9 Å². The molecule has 0 fully saturated rings. The van der Waals surface area contributed by atoms with E-state index in [0.717, 1.165) is 30.8 Å². The Hall–Kier alpha value is -2.70. The van der Waals surface area contributed by atoms with E-state index in [-0.39, 0.29) is 29.8 Å². The van der Waals surface area contributed by atoms with Crippen molar-refractivity contribution in [2.24, 2.45) is 0 Å². The molecule has 2 aromatic rings. The van der Waals surface area contributed by atoms with Crippen LogP contribution < -0.4 is 10.6 Å². The van der Waals surface area contributed by atoms with E-state index in [1.54, 1.807) is 12.1 Å². The fourth-order valence-corrected chi connectivity index (χ4v) is 3.23. The predicted octanol–water partition coefficient (Wildman–Crippen LogP) is 2.27. The zero-order chi connectivity index (χ0) is 19.6. The molecule has 0 spiro atoms. The summed E-state index contributed by atoms with van der Waals surface area (Å²) in [5, 5.41) is 9.96. The van der Waals surface area contributed by atoms with Crippen molar-refractivity contribution in [1.82, 2.24) is 25.4 Å². The Labute approximate surface area is 159 Å². The topological polar surface area (TPSA) is 88.9 Å². The molecule has 0 aliphatic carbocycles. The van der Waals surface area contributed by atoms with Crippen LogP contribution in [0.25, 0.3) is 0 Å². The highest BCUT2D eigenvalue weighted by Gasteiger charge is 2.25. The van der Waals surface area contributed by atoms with E-state index in [1.165, 1.54) is 0 Å². The molecule has 0 bridgehead atoms. The summed E-state index contributed by atoms with van der Waals surface area (Å²) in [5.41, 5.74) is 1.74. The monoisotopic (exact) mass is 369 g/mol. The largest absolute Gasteiger partial charge is 0.345 e. The Bertz CT molecular complexity index is 833. The van der Waals surface area contributed by atoms with Gasteiger partial charge >= 0.3 is 0 Å². The lowest BCUT2D eigenvalue weighted by Crippen LogP contribution is -2.40. The summed E-state index contributed by atoms with van der Waals surface area (Å²) in [6.07, 6.45) is 1.76. The van der Waals surface area contributed by atoms with Gasteiger partial charge in [0.25, 0.3) is 5.91 Å². The minimum atomic E-state index is -0.256. The minimum Gasteiger partial charge on any atom is -0.345 e. The number of nitrogens with zero attached hydrogens (tertiary/aromatic N) is 3. The zero-order valence-electron chi connectivity index (χ0n) is 16.4.